The van der Waals surface area contributed by atoms with Crippen LogP contribution in [0, 0.1) is 17.2 Å². The Morgan fingerprint density at radius 1 is 0.896 bits per heavy atom. The Morgan fingerprint density at radius 2 is 1.81 bits per heavy atom. The molecule has 1 aliphatic heterocycles. The molecule has 9 rings (SSSR count). The summed E-state index contributed by atoms with van der Waals surface area (Å²) in [6.07, 6.45) is 29.7. The summed E-state index contributed by atoms with van der Waals surface area (Å²) in [5, 5.41) is 13.4. The molecule has 3 heteroatoms. The van der Waals surface area contributed by atoms with Crippen LogP contribution < -0.4 is 4.74 Å². The minimum absolute atomic E-state index is 0.0413. The molecule has 0 spiro atoms. The van der Waals surface area contributed by atoms with E-state index in [0.717, 1.165) is 60.2 Å². The largest absolute Gasteiger partial charge is 0.485 e. The van der Waals surface area contributed by atoms with Gasteiger partial charge in [-0.2, -0.15) is 5.26 Å². The van der Waals surface area contributed by atoms with Crippen molar-refractivity contribution in [1.82, 2.24) is 4.57 Å². The molecule has 234 valence electrons. The van der Waals surface area contributed by atoms with Crippen molar-refractivity contribution < 1.29 is 4.74 Å². The first-order valence-corrected chi connectivity index (χ1v) is 17.5. The van der Waals surface area contributed by atoms with Crippen molar-refractivity contribution in [2.45, 2.75) is 57.0 Å². The molecule has 0 saturated heterocycles. The first-order valence-electron chi connectivity index (χ1n) is 17.5. The van der Waals surface area contributed by atoms with E-state index in [1.165, 1.54) is 44.1 Å². The maximum atomic E-state index is 10.9. The summed E-state index contributed by atoms with van der Waals surface area (Å²) in [5.41, 5.74) is 11.8. The van der Waals surface area contributed by atoms with Gasteiger partial charge in [-0.05, 0) is 102 Å². The molecule has 5 aliphatic rings. The molecule has 3 nitrogen and oxygen atoms in total. The third-order valence-electron chi connectivity index (χ3n) is 11.0. The van der Waals surface area contributed by atoms with Crippen LogP contribution in [0.4, 0.5) is 0 Å². The van der Waals surface area contributed by atoms with E-state index < -0.39 is 0 Å². The lowest BCUT2D eigenvalue weighted by Gasteiger charge is -2.36. The Balaban J connectivity index is 1.23. The van der Waals surface area contributed by atoms with Crippen molar-refractivity contribution in [2.75, 3.05) is 0 Å². The van der Waals surface area contributed by atoms with Crippen molar-refractivity contribution in [3.63, 3.8) is 0 Å². The molecule has 48 heavy (non-hydrogen) atoms. The van der Waals surface area contributed by atoms with Gasteiger partial charge in [0.25, 0.3) is 0 Å². The smallest absolute Gasteiger partial charge is 0.128 e. The number of benzene rings is 3. The summed E-state index contributed by atoms with van der Waals surface area (Å²) in [5.74, 6) is 1.38. The summed E-state index contributed by atoms with van der Waals surface area (Å²) in [6.45, 7) is 2.28. The molecule has 2 heterocycles. The minimum Gasteiger partial charge on any atom is -0.485 e. The minimum atomic E-state index is -0.0413. The number of fused-ring (bicyclic) bond motifs is 6. The third kappa shape index (κ3) is 4.54. The van der Waals surface area contributed by atoms with Gasteiger partial charge in [0.15, 0.2) is 0 Å². The van der Waals surface area contributed by atoms with E-state index in [4.69, 9.17) is 4.74 Å². The number of ether oxygens (including phenoxy) is 1. The SMILES string of the molecule is CC[C@@H]1C(C2=CC=CCC2)=CC(C2=CCCC=C2)=C(C#N)C1c1cccc(-n2c3ccccc3c3cc4c(cc32)OC2C=CC=CC42)c1. The van der Waals surface area contributed by atoms with Crippen LogP contribution in [0.3, 0.4) is 0 Å². The number of para-hydroxylation sites is 1. The molecular formula is C45H38N2O. The third-order valence-corrected chi connectivity index (χ3v) is 11.0. The van der Waals surface area contributed by atoms with Crippen LogP contribution >= 0.6 is 0 Å². The Morgan fingerprint density at radius 3 is 2.65 bits per heavy atom. The fraction of sp³-hybridized carbons (Fsp3) is 0.222. The van der Waals surface area contributed by atoms with Crippen LogP contribution in [0.1, 0.15) is 62.0 Å². The van der Waals surface area contributed by atoms with Gasteiger partial charge in [-0.15, -0.1) is 0 Å². The van der Waals surface area contributed by atoms with E-state index in [2.05, 4.69) is 145 Å². The van der Waals surface area contributed by atoms with Gasteiger partial charge in [0.2, 0.25) is 0 Å². The number of nitrogens with zero attached hydrogens (tertiary/aromatic N) is 2. The molecule has 0 N–H and O–H groups in total. The molecular weight excluding hydrogens is 585 g/mol. The molecule has 3 unspecified atom stereocenters. The molecule has 0 saturated carbocycles. The topological polar surface area (TPSA) is 38.0 Å². The zero-order valence-corrected chi connectivity index (χ0v) is 27.3. The lowest BCUT2D eigenvalue weighted by Crippen LogP contribution is -2.23. The molecule has 4 aromatic rings. The number of nitriles is 1. The van der Waals surface area contributed by atoms with E-state index in [1.807, 2.05) is 0 Å². The second-order valence-electron chi connectivity index (χ2n) is 13.6. The fourth-order valence-corrected chi connectivity index (χ4v) is 8.74. The van der Waals surface area contributed by atoms with Crippen molar-refractivity contribution in [3.8, 4) is 17.5 Å². The molecule has 4 aliphatic carbocycles. The number of hydrogen-bond acceptors (Lipinski definition) is 2. The first-order chi connectivity index (χ1) is 23.7. The summed E-state index contributed by atoms with van der Waals surface area (Å²) < 4.78 is 8.89. The number of allylic oxidation sites excluding steroid dienone is 14. The summed E-state index contributed by atoms with van der Waals surface area (Å²) in [6, 6.07) is 25.1. The molecule has 0 amide bonds. The molecule has 0 bridgehead atoms. The van der Waals surface area contributed by atoms with Gasteiger partial charge < -0.3 is 9.30 Å². The molecule has 4 atom stereocenters. The Hall–Kier alpha value is -5.33. The molecule has 1 aromatic heterocycles. The number of aromatic nitrogens is 1. The van der Waals surface area contributed by atoms with Crippen LogP contribution in [-0.4, -0.2) is 10.7 Å². The van der Waals surface area contributed by atoms with Gasteiger partial charge in [-0.25, -0.2) is 0 Å². The predicted octanol–water partition coefficient (Wildman–Crippen LogP) is 11.2. The van der Waals surface area contributed by atoms with Gasteiger partial charge in [-0.3, -0.25) is 0 Å². The van der Waals surface area contributed by atoms with Gasteiger partial charge in [0.05, 0.1) is 17.1 Å². The monoisotopic (exact) mass is 622 g/mol. The highest BCUT2D eigenvalue weighted by Crippen LogP contribution is 2.50. The van der Waals surface area contributed by atoms with E-state index >= 15 is 0 Å². The van der Waals surface area contributed by atoms with Crippen LogP contribution in [0.2, 0.25) is 0 Å². The summed E-state index contributed by atoms with van der Waals surface area (Å²) in [7, 11) is 0. The van der Waals surface area contributed by atoms with Gasteiger partial charge in [0.1, 0.15) is 11.9 Å². The van der Waals surface area contributed by atoms with E-state index in [9.17, 15) is 5.26 Å². The lowest BCUT2D eigenvalue weighted by atomic mass is 9.67. The second kappa shape index (κ2) is 11.7. The lowest BCUT2D eigenvalue weighted by molar-refractivity contribution is 0.269. The maximum absolute atomic E-state index is 10.9. The predicted molar refractivity (Wildman–Crippen MR) is 196 cm³/mol. The standard InChI is InChI=1S/C45H38N2O/c1-2-33-36(29-14-5-3-6-15-29)25-37(30-16-7-4-8-17-30)40(28-46)45(33)31-18-13-19-32(24-31)47-41-22-11-9-20-34(41)38-26-39-35-21-10-12-23-43(35)48-44(39)27-42(38)47/h3,5,7,9-14,16-27,33,35,43,45H,2,4,6,8,15H2,1H3/t33-,35?,43?,45?/m1/s1. The number of rotatable bonds is 5. The summed E-state index contributed by atoms with van der Waals surface area (Å²) >= 11 is 0. The average Bonchev–Trinajstić information content (AvgIpc) is 3.68. The first kappa shape index (κ1) is 28.9. The zero-order valence-electron chi connectivity index (χ0n) is 27.3. The van der Waals surface area contributed by atoms with Gasteiger partial charge in [0, 0.05) is 45.5 Å². The van der Waals surface area contributed by atoms with E-state index in [0.29, 0.717) is 0 Å². The Kier molecular flexibility index (Phi) is 7.05. The van der Waals surface area contributed by atoms with Gasteiger partial charge >= 0.3 is 0 Å². The Bertz CT molecular complexity index is 2290. The quantitative estimate of drug-likeness (QED) is 0.222. The molecule has 3 aromatic carbocycles. The maximum Gasteiger partial charge on any atom is 0.128 e. The molecule has 0 radical (unpaired) electrons. The van der Waals surface area contributed by atoms with Gasteiger partial charge in [-0.1, -0.05) is 91.9 Å². The van der Waals surface area contributed by atoms with E-state index in [-0.39, 0.29) is 23.9 Å². The Labute approximate surface area is 282 Å². The van der Waals surface area contributed by atoms with Crippen molar-refractivity contribution in [2.24, 2.45) is 5.92 Å². The van der Waals surface area contributed by atoms with Crippen molar-refractivity contribution in [3.05, 3.63) is 166 Å². The average molecular weight is 623 g/mol. The normalized spacial score (nSPS) is 24.2. The van der Waals surface area contributed by atoms with Crippen LogP contribution in [0.25, 0.3) is 27.5 Å². The zero-order chi connectivity index (χ0) is 32.2. The summed E-state index contributed by atoms with van der Waals surface area (Å²) in [4.78, 5) is 0. The van der Waals surface area contributed by atoms with Crippen LogP contribution in [0.15, 0.2) is 155 Å². The van der Waals surface area contributed by atoms with Crippen molar-refractivity contribution >= 4 is 21.8 Å². The second-order valence-corrected chi connectivity index (χ2v) is 13.6. The number of hydrogen-bond donors (Lipinski definition) is 0. The highest BCUT2D eigenvalue weighted by molar-refractivity contribution is 6.10. The van der Waals surface area contributed by atoms with Crippen molar-refractivity contribution in [1.29, 1.82) is 5.26 Å². The van der Waals surface area contributed by atoms with Crippen LogP contribution in [0.5, 0.6) is 5.75 Å². The van der Waals surface area contributed by atoms with E-state index in [1.54, 1.807) is 0 Å². The highest BCUT2D eigenvalue weighted by Gasteiger charge is 2.37. The highest BCUT2D eigenvalue weighted by atomic mass is 16.5. The fourth-order valence-electron chi connectivity index (χ4n) is 8.74. The van der Waals surface area contributed by atoms with Crippen LogP contribution in [-0.2, 0) is 0 Å². The molecule has 0 fully saturated rings.